The third kappa shape index (κ3) is 3.94. The number of anilines is 1. The van der Waals surface area contributed by atoms with E-state index in [0.717, 1.165) is 18.4 Å². The van der Waals surface area contributed by atoms with Crippen molar-refractivity contribution in [2.75, 3.05) is 18.9 Å². The van der Waals surface area contributed by atoms with Gasteiger partial charge < -0.3 is 15.0 Å². The van der Waals surface area contributed by atoms with Crippen LogP contribution in [0.15, 0.2) is 54.3 Å². The molecule has 0 radical (unpaired) electrons. The Morgan fingerprint density at radius 3 is 2.69 bits per heavy atom. The van der Waals surface area contributed by atoms with Gasteiger partial charge in [-0.05, 0) is 36.3 Å². The number of benzene rings is 2. The molecule has 1 aliphatic heterocycles. The number of rotatable bonds is 5. The molecule has 134 valence electrons. The molecule has 2 aromatic rings. The predicted molar refractivity (Wildman–Crippen MR) is 102 cm³/mol. The SMILES string of the molecule is CCCCN(C)C(=O)c1ccc2c(c1)NC(=O)/C(=C/c1ccccc1)O2. The molecule has 2 aromatic carbocycles. The van der Waals surface area contributed by atoms with Gasteiger partial charge in [-0.1, -0.05) is 43.7 Å². The van der Waals surface area contributed by atoms with E-state index in [1.807, 2.05) is 30.3 Å². The van der Waals surface area contributed by atoms with Crippen molar-refractivity contribution in [3.63, 3.8) is 0 Å². The second kappa shape index (κ2) is 7.87. The van der Waals surface area contributed by atoms with E-state index in [1.54, 1.807) is 36.2 Å². The number of hydrogen-bond acceptors (Lipinski definition) is 3. The second-order valence-corrected chi connectivity index (χ2v) is 6.27. The number of carbonyl (C=O) groups excluding carboxylic acids is 2. The fraction of sp³-hybridized carbons (Fsp3) is 0.238. The van der Waals surface area contributed by atoms with Gasteiger partial charge in [0, 0.05) is 19.2 Å². The van der Waals surface area contributed by atoms with Crippen LogP contribution >= 0.6 is 0 Å². The summed E-state index contributed by atoms with van der Waals surface area (Å²) in [6.07, 6.45) is 3.68. The maximum Gasteiger partial charge on any atom is 0.291 e. The Bertz CT molecular complexity index is 844. The van der Waals surface area contributed by atoms with Gasteiger partial charge in [0.2, 0.25) is 0 Å². The summed E-state index contributed by atoms with van der Waals surface area (Å²) in [7, 11) is 1.78. The summed E-state index contributed by atoms with van der Waals surface area (Å²) in [5.74, 6) is 0.355. The Morgan fingerprint density at radius 1 is 1.19 bits per heavy atom. The third-order valence-electron chi connectivity index (χ3n) is 4.21. The summed E-state index contributed by atoms with van der Waals surface area (Å²) < 4.78 is 5.73. The van der Waals surface area contributed by atoms with Crippen molar-refractivity contribution < 1.29 is 14.3 Å². The zero-order chi connectivity index (χ0) is 18.5. The molecule has 1 heterocycles. The summed E-state index contributed by atoms with van der Waals surface area (Å²) in [4.78, 5) is 26.5. The zero-order valence-corrected chi connectivity index (χ0v) is 15.0. The van der Waals surface area contributed by atoms with E-state index in [4.69, 9.17) is 4.74 Å². The number of fused-ring (bicyclic) bond motifs is 1. The lowest BCUT2D eigenvalue weighted by atomic mass is 10.1. The zero-order valence-electron chi connectivity index (χ0n) is 15.0. The van der Waals surface area contributed by atoms with Crippen LogP contribution in [0.1, 0.15) is 35.7 Å². The molecule has 0 aliphatic carbocycles. The lowest BCUT2D eigenvalue weighted by Crippen LogP contribution is -2.28. The molecule has 1 aliphatic rings. The maximum absolute atomic E-state index is 12.5. The molecule has 0 saturated heterocycles. The average Bonchev–Trinajstić information content (AvgIpc) is 2.66. The highest BCUT2D eigenvalue weighted by Crippen LogP contribution is 2.32. The molecule has 0 atom stereocenters. The van der Waals surface area contributed by atoms with E-state index < -0.39 is 0 Å². The first kappa shape index (κ1) is 17.7. The van der Waals surface area contributed by atoms with Gasteiger partial charge >= 0.3 is 0 Å². The molecular weight excluding hydrogens is 328 g/mol. The van der Waals surface area contributed by atoms with Crippen molar-refractivity contribution in [2.24, 2.45) is 0 Å². The second-order valence-electron chi connectivity index (χ2n) is 6.27. The Kier molecular flexibility index (Phi) is 5.37. The fourth-order valence-corrected chi connectivity index (χ4v) is 2.71. The van der Waals surface area contributed by atoms with E-state index in [2.05, 4.69) is 12.2 Å². The molecular formula is C21H22N2O3. The normalized spacial score (nSPS) is 14.4. The number of amides is 2. The highest BCUT2D eigenvalue weighted by Gasteiger charge is 2.23. The molecule has 0 spiro atoms. The van der Waals surface area contributed by atoms with Gasteiger partial charge in [0.1, 0.15) is 0 Å². The van der Waals surface area contributed by atoms with Crippen molar-refractivity contribution in [2.45, 2.75) is 19.8 Å². The van der Waals surface area contributed by atoms with Crippen molar-refractivity contribution in [3.05, 3.63) is 65.4 Å². The van der Waals surface area contributed by atoms with Gasteiger partial charge in [-0.25, -0.2) is 0 Å². The molecule has 0 unspecified atom stereocenters. The molecule has 5 nitrogen and oxygen atoms in total. The van der Waals surface area contributed by atoms with E-state index in [1.165, 1.54) is 0 Å². The number of nitrogens with zero attached hydrogens (tertiary/aromatic N) is 1. The van der Waals surface area contributed by atoms with Crippen LogP contribution in [0.3, 0.4) is 0 Å². The van der Waals surface area contributed by atoms with Crippen LogP contribution in [-0.4, -0.2) is 30.3 Å². The van der Waals surface area contributed by atoms with Crippen LogP contribution in [0.2, 0.25) is 0 Å². The van der Waals surface area contributed by atoms with Gasteiger partial charge in [-0.2, -0.15) is 0 Å². The van der Waals surface area contributed by atoms with Crippen LogP contribution < -0.4 is 10.1 Å². The summed E-state index contributed by atoms with van der Waals surface area (Å²) in [5.41, 5.74) is 1.92. The maximum atomic E-state index is 12.5. The molecule has 26 heavy (non-hydrogen) atoms. The Hall–Kier alpha value is -3.08. The van der Waals surface area contributed by atoms with Crippen molar-refractivity contribution in [1.29, 1.82) is 0 Å². The van der Waals surface area contributed by atoms with Gasteiger partial charge in [0.05, 0.1) is 5.69 Å². The largest absolute Gasteiger partial charge is 0.449 e. The molecule has 3 rings (SSSR count). The third-order valence-corrected chi connectivity index (χ3v) is 4.21. The molecule has 1 N–H and O–H groups in total. The van der Waals surface area contributed by atoms with E-state index in [9.17, 15) is 9.59 Å². The topological polar surface area (TPSA) is 58.6 Å². The first-order valence-corrected chi connectivity index (χ1v) is 8.74. The van der Waals surface area contributed by atoms with Crippen LogP contribution in [-0.2, 0) is 4.79 Å². The number of ether oxygens (including phenoxy) is 1. The number of carbonyl (C=O) groups is 2. The fourth-order valence-electron chi connectivity index (χ4n) is 2.71. The monoisotopic (exact) mass is 350 g/mol. The van der Waals surface area contributed by atoms with Crippen LogP contribution in [0.4, 0.5) is 5.69 Å². The molecule has 0 bridgehead atoms. The Morgan fingerprint density at radius 2 is 1.96 bits per heavy atom. The molecule has 0 saturated carbocycles. The van der Waals surface area contributed by atoms with E-state index >= 15 is 0 Å². The summed E-state index contributed by atoms with van der Waals surface area (Å²) in [5, 5.41) is 2.80. The van der Waals surface area contributed by atoms with E-state index in [-0.39, 0.29) is 17.6 Å². The minimum Gasteiger partial charge on any atom is -0.449 e. The highest BCUT2D eigenvalue weighted by molar-refractivity contribution is 6.09. The summed E-state index contributed by atoms with van der Waals surface area (Å²) in [6, 6.07) is 14.6. The molecule has 0 aromatic heterocycles. The van der Waals surface area contributed by atoms with Crippen LogP contribution in [0.5, 0.6) is 5.75 Å². The molecule has 2 amide bonds. The van der Waals surface area contributed by atoms with Gasteiger partial charge in [-0.15, -0.1) is 0 Å². The van der Waals surface area contributed by atoms with Gasteiger partial charge in [0.15, 0.2) is 11.5 Å². The number of unbranched alkanes of at least 4 members (excludes halogenated alkanes) is 1. The first-order valence-electron chi connectivity index (χ1n) is 8.74. The smallest absolute Gasteiger partial charge is 0.291 e. The Labute approximate surface area is 153 Å². The highest BCUT2D eigenvalue weighted by atomic mass is 16.5. The molecule has 5 heteroatoms. The standard InChI is InChI=1S/C21H22N2O3/c1-3-4-12-23(2)21(25)16-10-11-18-17(14-16)22-20(24)19(26-18)13-15-8-6-5-7-9-15/h5-11,13-14H,3-4,12H2,1-2H3,(H,22,24)/b19-13-. The lowest BCUT2D eigenvalue weighted by molar-refractivity contribution is -0.115. The van der Waals surface area contributed by atoms with Crippen LogP contribution in [0, 0.1) is 0 Å². The summed E-state index contributed by atoms with van der Waals surface area (Å²) in [6.45, 7) is 2.80. The van der Waals surface area contributed by atoms with Crippen molar-refractivity contribution in [1.82, 2.24) is 4.90 Å². The Balaban J connectivity index is 1.80. The summed E-state index contributed by atoms with van der Waals surface area (Å²) >= 11 is 0. The van der Waals surface area contributed by atoms with Gasteiger partial charge in [-0.3, -0.25) is 9.59 Å². The number of hydrogen-bond donors (Lipinski definition) is 1. The van der Waals surface area contributed by atoms with Gasteiger partial charge in [0.25, 0.3) is 11.8 Å². The minimum atomic E-state index is -0.328. The van der Waals surface area contributed by atoms with E-state index in [0.29, 0.717) is 23.5 Å². The first-order chi connectivity index (χ1) is 12.6. The van der Waals surface area contributed by atoms with Crippen LogP contribution in [0.25, 0.3) is 6.08 Å². The van der Waals surface area contributed by atoms with Crippen molar-refractivity contribution in [3.8, 4) is 5.75 Å². The lowest BCUT2D eigenvalue weighted by Gasteiger charge is -2.22. The predicted octanol–water partition coefficient (Wildman–Crippen LogP) is 3.93. The average molecular weight is 350 g/mol. The number of nitrogens with one attached hydrogen (secondary N) is 1. The van der Waals surface area contributed by atoms with Crippen molar-refractivity contribution >= 4 is 23.6 Å². The molecule has 0 fully saturated rings. The minimum absolute atomic E-state index is 0.0684. The quantitative estimate of drug-likeness (QED) is 0.831.